The molecule has 0 aliphatic heterocycles. The van der Waals surface area contributed by atoms with Crippen molar-refractivity contribution in [3.05, 3.63) is 77.9 Å². The zero-order valence-electron chi connectivity index (χ0n) is 19.1. The molecule has 3 aromatic carbocycles. The van der Waals surface area contributed by atoms with Crippen molar-refractivity contribution in [2.45, 2.75) is 18.0 Å². The normalized spacial score (nSPS) is 11.6. The average molecular weight is 509 g/mol. The van der Waals surface area contributed by atoms with Crippen molar-refractivity contribution in [2.75, 3.05) is 30.4 Å². The summed E-state index contributed by atoms with van der Waals surface area (Å²) >= 11 is 0. The van der Waals surface area contributed by atoms with Gasteiger partial charge in [0.2, 0.25) is 5.91 Å². The Bertz CT molecular complexity index is 1310. The van der Waals surface area contributed by atoms with Crippen LogP contribution in [0, 0.1) is 6.92 Å². The fraction of sp³-hybridized carbons (Fsp3) is 0.208. The minimum atomic E-state index is -4.70. The second-order valence-electron chi connectivity index (χ2n) is 7.46. The van der Waals surface area contributed by atoms with Gasteiger partial charge in [0.25, 0.3) is 10.0 Å². The quantitative estimate of drug-likeness (QED) is 0.470. The molecule has 186 valence electrons. The Morgan fingerprint density at radius 3 is 2.17 bits per heavy atom. The maximum atomic E-state index is 13.6. The first-order chi connectivity index (χ1) is 16.5. The Kier molecular flexibility index (Phi) is 7.59. The monoisotopic (exact) mass is 508 g/mol. The van der Waals surface area contributed by atoms with Crippen molar-refractivity contribution in [3.8, 4) is 11.5 Å². The van der Waals surface area contributed by atoms with Crippen LogP contribution in [0.15, 0.2) is 71.6 Å². The third kappa shape index (κ3) is 5.86. The number of hydrogen-bond acceptors (Lipinski definition) is 5. The number of sulfonamides is 1. The Labute approximate surface area is 201 Å². The molecule has 0 atom stereocenters. The van der Waals surface area contributed by atoms with Crippen molar-refractivity contribution in [2.24, 2.45) is 0 Å². The average Bonchev–Trinajstić information content (AvgIpc) is 2.82. The van der Waals surface area contributed by atoms with Crippen LogP contribution in [-0.4, -0.2) is 35.1 Å². The number of amides is 1. The van der Waals surface area contributed by atoms with Gasteiger partial charge in [0, 0.05) is 6.07 Å². The molecule has 0 aliphatic carbocycles. The highest BCUT2D eigenvalue weighted by Gasteiger charge is 2.34. The molecule has 3 rings (SSSR count). The predicted molar refractivity (Wildman–Crippen MR) is 125 cm³/mol. The number of aryl methyl sites for hydroxylation is 1. The Balaban J connectivity index is 2.00. The van der Waals surface area contributed by atoms with Gasteiger partial charge in [0.1, 0.15) is 6.54 Å². The highest BCUT2D eigenvalue weighted by Crippen LogP contribution is 2.35. The van der Waals surface area contributed by atoms with Crippen LogP contribution in [0.2, 0.25) is 0 Å². The number of halogens is 3. The number of nitrogens with zero attached hydrogens (tertiary/aromatic N) is 1. The Morgan fingerprint density at radius 2 is 1.57 bits per heavy atom. The van der Waals surface area contributed by atoms with E-state index in [4.69, 9.17) is 9.47 Å². The maximum absolute atomic E-state index is 13.6. The van der Waals surface area contributed by atoms with Crippen LogP contribution >= 0.6 is 0 Å². The minimum absolute atomic E-state index is 0.154. The molecule has 0 heterocycles. The van der Waals surface area contributed by atoms with Gasteiger partial charge in [-0.05, 0) is 43.3 Å². The Hall–Kier alpha value is -3.73. The third-order valence-electron chi connectivity index (χ3n) is 5.06. The van der Waals surface area contributed by atoms with Crippen molar-refractivity contribution in [1.29, 1.82) is 0 Å². The van der Waals surface area contributed by atoms with E-state index in [0.29, 0.717) is 5.75 Å². The number of ether oxygens (including phenoxy) is 2. The summed E-state index contributed by atoms with van der Waals surface area (Å²) in [5.41, 5.74) is -0.513. The summed E-state index contributed by atoms with van der Waals surface area (Å²) in [6.07, 6.45) is -4.70. The number of methoxy groups -OCH3 is 2. The number of carbonyl (C=O) groups excluding carboxylic acids is 1. The third-order valence-corrected chi connectivity index (χ3v) is 6.83. The van der Waals surface area contributed by atoms with Crippen LogP contribution in [-0.2, 0) is 21.0 Å². The van der Waals surface area contributed by atoms with Crippen molar-refractivity contribution < 1.29 is 35.9 Å². The van der Waals surface area contributed by atoms with E-state index in [9.17, 15) is 26.4 Å². The maximum Gasteiger partial charge on any atom is 0.418 e. The molecule has 11 heteroatoms. The van der Waals surface area contributed by atoms with Gasteiger partial charge in [-0.15, -0.1) is 0 Å². The lowest BCUT2D eigenvalue weighted by Crippen LogP contribution is -2.38. The number of carbonyl (C=O) groups is 1. The Morgan fingerprint density at radius 1 is 0.943 bits per heavy atom. The van der Waals surface area contributed by atoms with Gasteiger partial charge < -0.3 is 14.8 Å². The molecule has 0 fully saturated rings. The lowest BCUT2D eigenvalue weighted by atomic mass is 10.1. The van der Waals surface area contributed by atoms with Crippen molar-refractivity contribution >= 4 is 27.3 Å². The number of anilines is 2. The molecule has 0 radical (unpaired) electrons. The van der Waals surface area contributed by atoms with Crippen LogP contribution < -0.4 is 19.1 Å². The fourth-order valence-corrected chi connectivity index (χ4v) is 4.73. The molecular weight excluding hydrogens is 485 g/mol. The number of rotatable bonds is 8. The zero-order valence-corrected chi connectivity index (χ0v) is 19.9. The summed E-state index contributed by atoms with van der Waals surface area (Å²) in [4.78, 5) is 12.6. The molecule has 0 spiro atoms. The van der Waals surface area contributed by atoms with Gasteiger partial charge in [-0.3, -0.25) is 9.10 Å². The minimum Gasteiger partial charge on any atom is -0.493 e. The molecule has 1 N–H and O–H groups in total. The molecule has 1 amide bonds. The van der Waals surface area contributed by atoms with E-state index in [0.717, 1.165) is 22.0 Å². The number of para-hydroxylation sites is 1. The van der Waals surface area contributed by atoms with E-state index >= 15 is 0 Å². The molecule has 3 aromatic rings. The fourth-order valence-electron chi connectivity index (χ4n) is 3.29. The second-order valence-corrected chi connectivity index (χ2v) is 9.32. The summed E-state index contributed by atoms with van der Waals surface area (Å²) in [5, 5.41) is 2.18. The molecule has 0 unspecified atom stereocenters. The summed E-state index contributed by atoms with van der Waals surface area (Å²) < 4.78 is 78.3. The number of alkyl halides is 3. The lowest BCUT2D eigenvalue weighted by molar-refractivity contribution is -0.137. The van der Waals surface area contributed by atoms with Crippen molar-refractivity contribution in [3.63, 3.8) is 0 Å². The molecule has 0 aromatic heterocycles. The molecule has 0 aliphatic rings. The van der Waals surface area contributed by atoms with Gasteiger partial charge in [-0.25, -0.2) is 8.42 Å². The van der Waals surface area contributed by atoms with Gasteiger partial charge in [0.05, 0.1) is 36.1 Å². The van der Waals surface area contributed by atoms with Crippen LogP contribution in [0.1, 0.15) is 11.1 Å². The summed E-state index contributed by atoms with van der Waals surface area (Å²) in [7, 11) is -1.59. The molecule has 35 heavy (non-hydrogen) atoms. The van der Waals surface area contributed by atoms with Crippen LogP contribution in [0.4, 0.5) is 24.5 Å². The smallest absolute Gasteiger partial charge is 0.418 e. The van der Waals surface area contributed by atoms with Gasteiger partial charge in [0.15, 0.2) is 11.5 Å². The molecule has 0 saturated heterocycles. The first kappa shape index (κ1) is 25.9. The molecule has 0 saturated carbocycles. The number of hydrogen-bond donors (Lipinski definition) is 1. The van der Waals surface area contributed by atoms with Crippen LogP contribution in [0.25, 0.3) is 0 Å². The highest BCUT2D eigenvalue weighted by atomic mass is 32.2. The van der Waals surface area contributed by atoms with E-state index in [-0.39, 0.29) is 16.3 Å². The highest BCUT2D eigenvalue weighted by molar-refractivity contribution is 7.92. The summed E-state index contributed by atoms with van der Waals surface area (Å²) in [6.45, 7) is 1.03. The van der Waals surface area contributed by atoms with Crippen LogP contribution in [0.3, 0.4) is 0 Å². The van der Waals surface area contributed by atoms with E-state index in [1.165, 1.54) is 56.7 Å². The number of benzene rings is 3. The molecule has 7 nitrogen and oxygen atoms in total. The SMILES string of the molecule is COc1ccc(S(=O)(=O)N(CC(=O)Nc2ccccc2C(F)(F)F)c2ccc(C)cc2)cc1OC. The van der Waals surface area contributed by atoms with Crippen molar-refractivity contribution in [1.82, 2.24) is 0 Å². The van der Waals surface area contributed by atoms with Crippen LogP contribution in [0.5, 0.6) is 11.5 Å². The first-order valence-electron chi connectivity index (χ1n) is 10.2. The lowest BCUT2D eigenvalue weighted by Gasteiger charge is -2.25. The van der Waals surface area contributed by atoms with Gasteiger partial charge in [-0.1, -0.05) is 29.8 Å². The summed E-state index contributed by atoms with van der Waals surface area (Å²) in [6, 6.07) is 14.7. The van der Waals surface area contributed by atoms with E-state index in [2.05, 4.69) is 5.32 Å². The molecule has 0 bridgehead atoms. The van der Waals surface area contributed by atoms with Gasteiger partial charge >= 0.3 is 6.18 Å². The second kappa shape index (κ2) is 10.3. The summed E-state index contributed by atoms with van der Waals surface area (Å²) in [5.74, 6) is -0.498. The molecular formula is C24H23F3N2O5S. The largest absolute Gasteiger partial charge is 0.493 e. The topological polar surface area (TPSA) is 84.9 Å². The van der Waals surface area contributed by atoms with E-state index in [1.807, 2.05) is 0 Å². The predicted octanol–water partition coefficient (Wildman–Crippen LogP) is 4.87. The number of nitrogens with one attached hydrogen (secondary N) is 1. The van der Waals surface area contributed by atoms with E-state index in [1.54, 1.807) is 19.1 Å². The first-order valence-corrected chi connectivity index (χ1v) is 11.7. The van der Waals surface area contributed by atoms with Gasteiger partial charge in [-0.2, -0.15) is 13.2 Å². The van der Waals surface area contributed by atoms with E-state index < -0.39 is 39.9 Å². The standard InChI is InChI=1S/C24H23F3N2O5S/c1-16-8-10-17(11-9-16)29(35(31,32)18-12-13-21(33-2)22(14-18)34-3)15-23(30)28-20-7-5-4-6-19(20)24(25,26)27/h4-14H,15H2,1-3H3,(H,28,30). The zero-order chi connectivity index (χ0) is 25.8.